The third-order valence-corrected chi connectivity index (χ3v) is 3.77. The summed E-state index contributed by atoms with van der Waals surface area (Å²) in [5.74, 6) is 1.04. The topological polar surface area (TPSA) is 75.9 Å². The lowest BCUT2D eigenvalue weighted by molar-refractivity contribution is 0.0821. The molecule has 1 amide bonds. The number of thiophene rings is 1. The Morgan fingerprint density at radius 3 is 2.86 bits per heavy atom. The Morgan fingerprint density at radius 1 is 1.33 bits per heavy atom. The molecule has 0 saturated heterocycles. The Balaban J connectivity index is 2.12. The molecule has 0 bridgehead atoms. The predicted octanol–water partition coefficient (Wildman–Crippen LogP) is 1.62. The van der Waals surface area contributed by atoms with E-state index in [0.29, 0.717) is 17.5 Å². The maximum absolute atomic E-state index is 11.9. The van der Waals surface area contributed by atoms with Gasteiger partial charge in [-0.25, -0.2) is 9.67 Å². The quantitative estimate of drug-likeness (QED) is 0.795. The first-order valence-corrected chi connectivity index (χ1v) is 7.19. The normalized spacial score (nSPS) is 10.8. The van der Waals surface area contributed by atoms with Crippen molar-refractivity contribution in [3.8, 4) is 5.82 Å². The molecule has 0 aliphatic rings. The minimum Gasteiger partial charge on any atom is -0.357 e. The maximum Gasteiger partial charge on any atom is 0.273 e. The number of anilines is 1. The second-order valence-electron chi connectivity index (χ2n) is 4.61. The van der Waals surface area contributed by atoms with Gasteiger partial charge < -0.3 is 10.2 Å². The van der Waals surface area contributed by atoms with Crippen LogP contribution in [0.15, 0.2) is 23.7 Å². The molecule has 0 atom stereocenters. The van der Waals surface area contributed by atoms with Crippen LogP contribution in [0.25, 0.3) is 16.0 Å². The van der Waals surface area contributed by atoms with E-state index < -0.39 is 0 Å². The van der Waals surface area contributed by atoms with Gasteiger partial charge in [0.05, 0.1) is 5.39 Å². The number of hydrogen-bond acceptors (Lipinski definition) is 6. The molecule has 0 aliphatic carbocycles. The van der Waals surface area contributed by atoms with Gasteiger partial charge in [-0.05, 0) is 17.5 Å². The van der Waals surface area contributed by atoms with E-state index in [0.717, 1.165) is 10.2 Å². The van der Waals surface area contributed by atoms with E-state index in [1.54, 1.807) is 38.1 Å². The van der Waals surface area contributed by atoms with Crippen LogP contribution in [0.2, 0.25) is 0 Å². The fourth-order valence-electron chi connectivity index (χ4n) is 1.91. The highest BCUT2D eigenvalue weighted by Crippen LogP contribution is 2.25. The largest absolute Gasteiger partial charge is 0.357 e. The molecule has 0 radical (unpaired) electrons. The summed E-state index contributed by atoms with van der Waals surface area (Å²) < 4.78 is 1.61. The Labute approximate surface area is 125 Å². The highest BCUT2D eigenvalue weighted by atomic mass is 32.1. The van der Waals surface area contributed by atoms with E-state index in [1.807, 2.05) is 11.4 Å². The molecule has 8 heteroatoms. The van der Waals surface area contributed by atoms with Gasteiger partial charge in [0.2, 0.25) is 5.95 Å². The van der Waals surface area contributed by atoms with Crippen molar-refractivity contribution in [2.75, 3.05) is 26.5 Å². The third-order valence-electron chi connectivity index (χ3n) is 2.96. The lowest BCUT2D eigenvalue weighted by atomic mass is 10.4. The second-order valence-corrected chi connectivity index (χ2v) is 5.50. The summed E-state index contributed by atoms with van der Waals surface area (Å²) in [5, 5.41) is 10.1. The number of amides is 1. The number of nitrogens with zero attached hydrogens (tertiary/aromatic N) is 5. The fourth-order valence-corrected chi connectivity index (χ4v) is 2.67. The molecule has 7 nitrogen and oxygen atoms in total. The van der Waals surface area contributed by atoms with Gasteiger partial charge in [-0.15, -0.1) is 11.3 Å². The Morgan fingerprint density at radius 2 is 2.14 bits per heavy atom. The third kappa shape index (κ3) is 2.33. The highest BCUT2D eigenvalue weighted by molar-refractivity contribution is 7.16. The average molecular weight is 302 g/mol. The number of carbonyl (C=O) groups excluding carboxylic acids is 1. The zero-order chi connectivity index (χ0) is 15.0. The summed E-state index contributed by atoms with van der Waals surface area (Å²) in [6, 6.07) is 3.63. The molecule has 0 saturated carbocycles. The zero-order valence-corrected chi connectivity index (χ0v) is 12.7. The minimum atomic E-state index is -0.141. The van der Waals surface area contributed by atoms with Crippen molar-refractivity contribution in [2.45, 2.75) is 0 Å². The van der Waals surface area contributed by atoms with Crippen molar-refractivity contribution in [1.82, 2.24) is 24.6 Å². The van der Waals surface area contributed by atoms with Gasteiger partial charge in [0, 0.05) is 27.3 Å². The molecule has 108 valence electrons. The maximum atomic E-state index is 11.9. The van der Waals surface area contributed by atoms with E-state index in [-0.39, 0.29) is 5.91 Å². The Hall–Kier alpha value is -2.48. The molecule has 3 aromatic heterocycles. The van der Waals surface area contributed by atoms with Crippen molar-refractivity contribution in [1.29, 1.82) is 0 Å². The molecular weight excluding hydrogens is 288 g/mol. The van der Waals surface area contributed by atoms with E-state index in [9.17, 15) is 4.79 Å². The van der Waals surface area contributed by atoms with Crippen molar-refractivity contribution >= 4 is 33.4 Å². The van der Waals surface area contributed by atoms with E-state index in [2.05, 4.69) is 20.4 Å². The van der Waals surface area contributed by atoms with Gasteiger partial charge in [-0.2, -0.15) is 10.1 Å². The Kier molecular flexibility index (Phi) is 3.30. The SMILES string of the molecule is CNc1nc(-n2ccc(C(=O)N(C)C)n2)c2ccsc2n1. The molecule has 21 heavy (non-hydrogen) atoms. The lowest BCUT2D eigenvalue weighted by Gasteiger charge is -2.07. The fraction of sp³-hybridized carbons (Fsp3) is 0.231. The van der Waals surface area contributed by atoms with Gasteiger partial charge in [0.15, 0.2) is 11.5 Å². The van der Waals surface area contributed by atoms with Crippen LogP contribution in [0.5, 0.6) is 0 Å². The Bertz CT molecular complexity index is 806. The summed E-state index contributed by atoms with van der Waals surface area (Å²) >= 11 is 1.54. The molecule has 0 fully saturated rings. The first-order valence-electron chi connectivity index (χ1n) is 6.31. The molecule has 0 spiro atoms. The molecule has 3 aromatic rings. The molecule has 1 N–H and O–H groups in total. The number of nitrogens with one attached hydrogen (secondary N) is 1. The van der Waals surface area contributed by atoms with E-state index in [4.69, 9.17) is 0 Å². The number of rotatable bonds is 3. The highest BCUT2D eigenvalue weighted by Gasteiger charge is 2.15. The average Bonchev–Trinajstić information content (AvgIpc) is 3.13. The van der Waals surface area contributed by atoms with Crippen LogP contribution in [0.4, 0.5) is 5.95 Å². The van der Waals surface area contributed by atoms with Gasteiger partial charge in [0.25, 0.3) is 5.91 Å². The summed E-state index contributed by atoms with van der Waals surface area (Å²) in [4.78, 5) is 23.1. The first kappa shape index (κ1) is 13.5. The van der Waals surface area contributed by atoms with Crippen LogP contribution >= 0.6 is 11.3 Å². The van der Waals surface area contributed by atoms with Gasteiger partial charge in [0.1, 0.15) is 4.83 Å². The first-order chi connectivity index (χ1) is 10.1. The molecule has 0 aliphatic heterocycles. The number of aromatic nitrogens is 4. The smallest absolute Gasteiger partial charge is 0.273 e. The van der Waals surface area contributed by atoms with Crippen molar-refractivity contribution in [3.63, 3.8) is 0 Å². The lowest BCUT2D eigenvalue weighted by Crippen LogP contribution is -2.22. The van der Waals surface area contributed by atoms with Crippen LogP contribution in [0.1, 0.15) is 10.5 Å². The van der Waals surface area contributed by atoms with Crippen molar-refractivity contribution < 1.29 is 4.79 Å². The van der Waals surface area contributed by atoms with Gasteiger partial charge in [-0.3, -0.25) is 4.79 Å². The second kappa shape index (κ2) is 5.13. The molecule has 3 heterocycles. The number of hydrogen-bond donors (Lipinski definition) is 1. The number of carbonyl (C=O) groups is 1. The van der Waals surface area contributed by atoms with Crippen LogP contribution in [-0.4, -0.2) is 51.7 Å². The summed E-state index contributed by atoms with van der Waals surface area (Å²) in [6.07, 6.45) is 1.73. The van der Waals surface area contributed by atoms with Gasteiger partial charge in [-0.1, -0.05) is 0 Å². The van der Waals surface area contributed by atoms with Crippen molar-refractivity contribution in [2.24, 2.45) is 0 Å². The van der Waals surface area contributed by atoms with Crippen LogP contribution in [0, 0.1) is 0 Å². The zero-order valence-electron chi connectivity index (χ0n) is 11.9. The van der Waals surface area contributed by atoms with Gasteiger partial charge >= 0.3 is 0 Å². The summed E-state index contributed by atoms with van der Waals surface area (Å²) in [5.41, 5.74) is 0.382. The predicted molar refractivity (Wildman–Crippen MR) is 82.1 cm³/mol. The van der Waals surface area contributed by atoms with Crippen LogP contribution < -0.4 is 5.32 Å². The standard InChI is InChI=1S/C13H14N6OS/c1-14-13-15-10(8-5-7-21-11(8)16-13)19-6-4-9(17-19)12(20)18(2)3/h4-7H,1-3H3,(H,14,15,16). The number of fused-ring (bicyclic) bond motifs is 1. The molecule has 0 unspecified atom stereocenters. The van der Waals surface area contributed by atoms with Crippen LogP contribution in [-0.2, 0) is 0 Å². The monoisotopic (exact) mass is 302 g/mol. The van der Waals surface area contributed by atoms with Crippen molar-refractivity contribution in [3.05, 3.63) is 29.4 Å². The minimum absolute atomic E-state index is 0.141. The van der Waals surface area contributed by atoms with E-state index in [1.165, 1.54) is 16.2 Å². The summed E-state index contributed by atoms with van der Waals surface area (Å²) in [6.45, 7) is 0. The van der Waals surface area contributed by atoms with E-state index >= 15 is 0 Å². The molecule has 0 aromatic carbocycles. The molecular formula is C13H14N6OS. The summed E-state index contributed by atoms with van der Waals surface area (Å²) in [7, 11) is 5.16. The molecule has 3 rings (SSSR count). The van der Waals surface area contributed by atoms with Crippen LogP contribution in [0.3, 0.4) is 0 Å².